The molecule has 8 heteroatoms. The number of fused-ring (bicyclic) bond motifs is 2. The van der Waals surface area contributed by atoms with Crippen molar-refractivity contribution in [2.24, 2.45) is 5.92 Å². The first-order valence-electron chi connectivity index (χ1n) is 14.1. The van der Waals surface area contributed by atoms with E-state index in [9.17, 15) is 19.5 Å². The predicted octanol–water partition coefficient (Wildman–Crippen LogP) is 4.32. The maximum absolute atomic E-state index is 12.7. The van der Waals surface area contributed by atoms with Crippen molar-refractivity contribution in [1.29, 1.82) is 0 Å². The van der Waals surface area contributed by atoms with Gasteiger partial charge in [0.2, 0.25) is 5.91 Å². The third-order valence-corrected chi connectivity index (χ3v) is 8.48. The topological polar surface area (TPSA) is 109 Å². The molecule has 38 heavy (non-hydrogen) atoms. The lowest BCUT2D eigenvalue weighted by Crippen LogP contribution is -2.54. The Morgan fingerprint density at radius 1 is 1.16 bits per heavy atom. The molecule has 1 aromatic heterocycles. The monoisotopic (exact) mass is 526 g/mol. The number of nitrogens with zero attached hydrogens (tertiary/aromatic N) is 1. The number of piperidine rings is 1. The summed E-state index contributed by atoms with van der Waals surface area (Å²) < 4.78 is 11.5. The summed E-state index contributed by atoms with van der Waals surface area (Å²) in [7, 11) is 0. The van der Waals surface area contributed by atoms with E-state index >= 15 is 0 Å². The molecule has 1 saturated carbocycles. The van der Waals surface area contributed by atoms with Crippen LogP contribution < -0.4 is 15.7 Å². The Morgan fingerprint density at radius 3 is 2.74 bits per heavy atom. The van der Waals surface area contributed by atoms with Gasteiger partial charge in [-0.25, -0.2) is 4.79 Å². The van der Waals surface area contributed by atoms with Crippen molar-refractivity contribution in [3.63, 3.8) is 0 Å². The van der Waals surface area contributed by atoms with Crippen molar-refractivity contribution >= 4 is 22.8 Å². The number of likely N-dealkylation sites (tertiary alicyclic amines) is 1. The fourth-order valence-corrected chi connectivity index (χ4v) is 5.91. The molecule has 8 nitrogen and oxygen atoms in total. The van der Waals surface area contributed by atoms with E-state index < -0.39 is 11.7 Å². The van der Waals surface area contributed by atoms with Gasteiger partial charge in [0.15, 0.2) is 6.10 Å². The highest BCUT2D eigenvalue weighted by atomic mass is 16.5. The molecule has 2 heterocycles. The highest BCUT2D eigenvalue weighted by Gasteiger charge is 2.43. The zero-order chi connectivity index (χ0) is 27.4. The van der Waals surface area contributed by atoms with E-state index in [4.69, 9.17) is 9.15 Å². The number of hydrogen-bond acceptors (Lipinski definition) is 6. The van der Waals surface area contributed by atoms with Gasteiger partial charge in [-0.3, -0.25) is 9.59 Å². The van der Waals surface area contributed by atoms with Crippen molar-refractivity contribution in [3.05, 3.63) is 39.2 Å². The Bertz CT molecular complexity index is 1240. The Balaban J connectivity index is 1.19. The number of rotatable bonds is 9. The molecule has 0 radical (unpaired) electrons. The van der Waals surface area contributed by atoms with Crippen LogP contribution in [0.5, 0.6) is 5.75 Å². The number of nitrogens with one attached hydrogen (secondary N) is 1. The number of unbranched alkanes of at least 4 members (excludes halogenated alkanes) is 2. The van der Waals surface area contributed by atoms with Crippen LogP contribution in [0.15, 0.2) is 21.3 Å². The smallest absolute Gasteiger partial charge is 0.339 e. The Hall–Kier alpha value is -2.87. The maximum atomic E-state index is 12.7. The third-order valence-electron chi connectivity index (χ3n) is 8.48. The van der Waals surface area contributed by atoms with Crippen LogP contribution in [0.3, 0.4) is 0 Å². The number of ether oxygens (including phenoxy) is 1. The van der Waals surface area contributed by atoms with Crippen LogP contribution in [0.2, 0.25) is 0 Å². The van der Waals surface area contributed by atoms with Crippen molar-refractivity contribution in [2.45, 2.75) is 97.2 Å². The highest BCUT2D eigenvalue weighted by Crippen LogP contribution is 2.40. The van der Waals surface area contributed by atoms with Gasteiger partial charge in [-0.15, -0.1) is 0 Å². The van der Waals surface area contributed by atoms with Crippen LogP contribution >= 0.6 is 0 Å². The fraction of sp³-hybridized carbons (Fsp3) is 0.633. The van der Waals surface area contributed by atoms with E-state index in [-0.39, 0.29) is 23.4 Å². The SMILES string of the molecule is Cc1cc(O[C@@H](C)C(=O)NCCCCCC(=O)N2CC[C@]3(O)CCCC[C@H]3C2)c2c(C)c(C)c(=O)oc2c1. The molecule has 0 spiro atoms. The van der Waals surface area contributed by atoms with Crippen LogP contribution in [0.1, 0.15) is 81.4 Å². The van der Waals surface area contributed by atoms with Crippen molar-refractivity contribution in [3.8, 4) is 5.75 Å². The fourth-order valence-electron chi connectivity index (χ4n) is 5.91. The van der Waals surface area contributed by atoms with E-state index in [0.29, 0.717) is 54.8 Å². The van der Waals surface area contributed by atoms with Gasteiger partial charge in [0.05, 0.1) is 11.0 Å². The minimum absolute atomic E-state index is 0.176. The second-order valence-electron chi connectivity index (χ2n) is 11.3. The molecule has 1 aliphatic carbocycles. The molecule has 2 fully saturated rings. The number of benzene rings is 1. The molecule has 4 rings (SSSR count). The largest absolute Gasteiger partial charge is 0.480 e. The maximum Gasteiger partial charge on any atom is 0.339 e. The van der Waals surface area contributed by atoms with Gasteiger partial charge in [-0.2, -0.15) is 0 Å². The number of hydrogen-bond donors (Lipinski definition) is 2. The summed E-state index contributed by atoms with van der Waals surface area (Å²) in [6.07, 6.45) is 7.01. The van der Waals surface area contributed by atoms with E-state index in [1.165, 1.54) is 0 Å². The first kappa shape index (κ1) is 28.1. The molecule has 1 aliphatic heterocycles. The standard InChI is InChI=1S/C30H42N2O6/c1-19-16-24(27-20(2)21(3)29(35)38-25(27)17-19)37-22(4)28(34)31-14-9-5-6-11-26(33)32-15-13-30(36)12-8-7-10-23(30)18-32/h16-17,22-23,36H,5-15,18H2,1-4H3,(H,31,34)/t22-,23-,30+/m0/s1. The number of amides is 2. The molecule has 2 aromatic rings. The molecule has 2 amide bonds. The summed E-state index contributed by atoms with van der Waals surface area (Å²) in [5, 5.41) is 14.5. The molecule has 2 N–H and O–H groups in total. The third kappa shape index (κ3) is 6.22. The number of aliphatic hydroxyl groups is 1. The lowest BCUT2D eigenvalue weighted by molar-refractivity contribution is -0.143. The number of aryl methyl sites for hydroxylation is 2. The summed E-state index contributed by atoms with van der Waals surface area (Å²) in [6, 6.07) is 3.65. The Kier molecular flexibility index (Phi) is 8.81. The van der Waals surface area contributed by atoms with Crippen LogP contribution in [0.25, 0.3) is 11.0 Å². The number of carbonyl (C=O) groups excluding carboxylic acids is 2. The van der Waals surface area contributed by atoms with Gasteiger partial charge < -0.3 is 24.5 Å². The lowest BCUT2D eigenvalue weighted by atomic mass is 9.71. The molecule has 0 bridgehead atoms. The normalized spacial score (nSPS) is 22.1. The van der Waals surface area contributed by atoms with Gasteiger partial charge in [-0.1, -0.05) is 19.3 Å². The van der Waals surface area contributed by atoms with E-state index in [2.05, 4.69) is 5.32 Å². The quantitative estimate of drug-likeness (QED) is 0.372. The summed E-state index contributed by atoms with van der Waals surface area (Å²) in [5.41, 5.74) is 1.71. The second kappa shape index (κ2) is 11.9. The summed E-state index contributed by atoms with van der Waals surface area (Å²) in [6.45, 7) is 9.02. The molecular weight excluding hydrogens is 484 g/mol. The van der Waals surface area contributed by atoms with Crippen molar-refractivity contribution in [1.82, 2.24) is 10.2 Å². The molecule has 1 saturated heterocycles. The zero-order valence-electron chi connectivity index (χ0n) is 23.2. The molecular formula is C30H42N2O6. The van der Waals surface area contributed by atoms with E-state index in [1.807, 2.05) is 24.8 Å². The second-order valence-corrected chi connectivity index (χ2v) is 11.3. The molecule has 0 unspecified atom stereocenters. The summed E-state index contributed by atoms with van der Waals surface area (Å²) in [5.74, 6) is 0.707. The van der Waals surface area contributed by atoms with Crippen LogP contribution in [-0.4, -0.2) is 53.2 Å². The van der Waals surface area contributed by atoms with Gasteiger partial charge in [-0.05, 0) is 83.1 Å². The zero-order valence-corrected chi connectivity index (χ0v) is 23.2. The first-order chi connectivity index (χ1) is 18.1. The van der Waals surface area contributed by atoms with Crippen LogP contribution in [0.4, 0.5) is 0 Å². The Morgan fingerprint density at radius 2 is 1.95 bits per heavy atom. The van der Waals surface area contributed by atoms with Crippen LogP contribution in [-0.2, 0) is 9.59 Å². The molecule has 2 aliphatic rings. The Labute approximate surface area is 224 Å². The van der Waals surface area contributed by atoms with Gasteiger partial charge in [0.25, 0.3) is 5.91 Å². The first-order valence-corrected chi connectivity index (χ1v) is 14.1. The molecule has 208 valence electrons. The summed E-state index contributed by atoms with van der Waals surface area (Å²) in [4.78, 5) is 39.4. The molecule has 1 aromatic carbocycles. The van der Waals surface area contributed by atoms with Crippen molar-refractivity contribution in [2.75, 3.05) is 19.6 Å². The molecule has 3 atom stereocenters. The van der Waals surface area contributed by atoms with Crippen LogP contribution in [0, 0.1) is 26.7 Å². The lowest BCUT2D eigenvalue weighted by Gasteiger charge is -2.47. The average molecular weight is 527 g/mol. The predicted molar refractivity (Wildman–Crippen MR) is 146 cm³/mol. The average Bonchev–Trinajstić information content (AvgIpc) is 2.88. The van der Waals surface area contributed by atoms with Gasteiger partial charge >= 0.3 is 5.63 Å². The van der Waals surface area contributed by atoms with Gasteiger partial charge in [0, 0.05) is 37.5 Å². The number of carbonyl (C=O) groups is 2. The van der Waals surface area contributed by atoms with Gasteiger partial charge in [0.1, 0.15) is 11.3 Å². The summed E-state index contributed by atoms with van der Waals surface area (Å²) >= 11 is 0. The minimum atomic E-state index is -0.717. The van der Waals surface area contributed by atoms with E-state index in [0.717, 1.165) is 56.1 Å². The highest BCUT2D eigenvalue weighted by molar-refractivity contribution is 5.89. The van der Waals surface area contributed by atoms with E-state index in [1.54, 1.807) is 19.9 Å². The van der Waals surface area contributed by atoms with Crippen molar-refractivity contribution < 1.29 is 23.8 Å². The minimum Gasteiger partial charge on any atom is -0.480 e.